The third-order valence-electron chi connectivity index (χ3n) is 4.77. The minimum absolute atomic E-state index is 0.122. The first-order valence-electron chi connectivity index (χ1n) is 8.57. The third kappa shape index (κ3) is 3.57. The summed E-state index contributed by atoms with van der Waals surface area (Å²) in [7, 11) is 0. The fourth-order valence-electron chi connectivity index (χ4n) is 2.84. The van der Waals surface area contributed by atoms with E-state index in [0.717, 1.165) is 40.0 Å². The summed E-state index contributed by atoms with van der Waals surface area (Å²) >= 11 is 7.81. The SMILES string of the molecule is Cc1cc(COc2cc3[nH]c(CNC(=O)C4(C)CC4)cc3cc2Cl)ns1. The standard InChI is InChI=1S/C19H20ClN3O2S/c1-11-5-14(23-26-11)10-25-17-8-16-12(7-15(17)20)6-13(22-16)9-21-18(24)19(2)3-4-19/h5-8,22H,3-4,9-10H2,1-2H3,(H,21,24). The van der Waals surface area contributed by atoms with Gasteiger partial charge in [0.15, 0.2) is 0 Å². The van der Waals surface area contributed by atoms with Crippen molar-refractivity contribution in [3.63, 3.8) is 0 Å². The molecule has 5 nitrogen and oxygen atoms in total. The summed E-state index contributed by atoms with van der Waals surface area (Å²) in [6.07, 6.45) is 1.95. The molecule has 1 aliphatic rings. The van der Waals surface area contributed by atoms with Crippen LogP contribution in [-0.4, -0.2) is 15.3 Å². The molecule has 2 N–H and O–H groups in total. The predicted molar refractivity (Wildman–Crippen MR) is 104 cm³/mol. The summed E-state index contributed by atoms with van der Waals surface area (Å²) in [6, 6.07) is 7.78. The Balaban J connectivity index is 1.46. The van der Waals surface area contributed by atoms with Gasteiger partial charge in [0, 0.05) is 33.0 Å². The van der Waals surface area contributed by atoms with Crippen molar-refractivity contribution in [3.05, 3.63) is 45.6 Å². The fourth-order valence-corrected chi connectivity index (χ4v) is 3.62. The second-order valence-corrected chi connectivity index (χ2v) is 8.54. The first-order valence-corrected chi connectivity index (χ1v) is 9.72. The number of amides is 1. The fraction of sp³-hybridized carbons (Fsp3) is 0.368. The molecule has 0 unspecified atom stereocenters. The van der Waals surface area contributed by atoms with Crippen molar-refractivity contribution < 1.29 is 9.53 Å². The van der Waals surface area contributed by atoms with E-state index < -0.39 is 0 Å². The van der Waals surface area contributed by atoms with Gasteiger partial charge in [-0.1, -0.05) is 18.5 Å². The van der Waals surface area contributed by atoms with E-state index in [1.807, 2.05) is 38.1 Å². The van der Waals surface area contributed by atoms with Gasteiger partial charge in [-0.25, -0.2) is 0 Å². The number of H-pyrrole nitrogens is 1. The largest absolute Gasteiger partial charge is 0.486 e. The van der Waals surface area contributed by atoms with Crippen LogP contribution in [0.25, 0.3) is 10.9 Å². The number of ether oxygens (including phenoxy) is 1. The molecule has 4 rings (SSSR count). The molecule has 0 atom stereocenters. The Morgan fingerprint density at radius 3 is 2.88 bits per heavy atom. The molecule has 2 heterocycles. The van der Waals surface area contributed by atoms with Gasteiger partial charge in [-0.05, 0) is 49.5 Å². The number of aromatic nitrogens is 2. The van der Waals surface area contributed by atoms with Crippen molar-refractivity contribution in [1.82, 2.24) is 14.7 Å². The highest BCUT2D eigenvalue weighted by Crippen LogP contribution is 2.45. The van der Waals surface area contributed by atoms with Gasteiger partial charge in [0.05, 0.1) is 17.3 Å². The Bertz CT molecular complexity index is 974. The van der Waals surface area contributed by atoms with Crippen LogP contribution in [0.15, 0.2) is 24.3 Å². The lowest BCUT2D eigenvalue weighted by molar-refractivity contribution is -0.125. The highest BCUT2D eigenvalue weighted by molar-refractivity contribution is 7.05. The zero-order chi connectivity index (χ0) is 18.3. The molecule has 1 aromatic carbocycles. The topological polar surface area (TPSA) is 67.0 Å². The Labute approximate surface area is 160 Å². The summed E-state index contributed by atoms with van der Waals surface area (Å²) in [5.41, 5.74) is 2.61. The number of fused-ring (bicyclic) bond motifs is 1. The zero-order valence-corrected chi connectivity index (χ0v) is 16.3. The Hall–Kier alpha value is -2.05. The van der Waals surface area contributed by atoms with Crippen LogP contribution in [0.3, 0.4) is 0 Å². The zero-order valence-electron chi connectivity index (χ0n) is 14.7. The number of carbonyl (C=O) groups excluding carboxylic acids is 1. The molecular formula is C19H20ClN3O2S. The predicted octanol–water partition coefficient (Wildman–Crippen LogP) is 4.58. The highest BCUT2D eigenvalue weighted by Gasteiger charge is 2.44. The monoisotopic (exact) mass is 389 g/mol. The lowest BCUT2D eigenvalue weighted by Crippen LogP contribution is -2.29. The number of aromatic amines is 1. The number of carbonyl (C=O) groups is 1. The van der Waals surface area contributed by atoms with E-state index in [9.17, 15) is 4.79 Å². The van der Waals surface area contributed by atoms with Gasteiger partial charge in [-0.2, -0.15) is 4.37 Å². The molecule has 1 amide bonds. The summed E-state index contributed by atoms with van der Waals surface area (Å²) in [5, 5.41) is 4.55. The number of rotatable bonds is 6. The number of hydrogen-bond donors (Lipinski definition) is 2. The lowest BCUT2D eigenvalue weighted by atomic mass is 10.1. The average molecular weight is 390 g/mol. The van der Waals surface area contributed by atoms with Gasteiger partial charge in [-0.15, -0.1) is 0 Å². The van der Waals surface area contributed by atoms with E-state index in [1.54, 1.807) is 0 Å². The molecule has 0 bridgehead atoms. The Morgan fingerprint density at radius 1 is 1.38 bits per heavy atom. The molecule has 0 saturated heterocycles. The van der Waals surface area contributed by atoms with Gasteiger partial charge in [0.1, 0.15) is 12.4 Å². The number of nitrogens with zero attached hydrogens (tertiary/aromatic N) is 1. The van der Waals surface area contributed by atoms with Gasteiger partial charge in [-0.3, -0.25) is 4.79 Å². The quantitative estimate of drug-likeness (QED) is 0.648. The summed E-state index contributed by atoms with van der Waals surface area (Å²) in [6.45, 7) is 4.89. The molecule has 0 radical (unpaired) electrons. The second kappa shape index (κ2) is 6.59. The maximum absolute atomic E-state index is 12.1. The number of nitrogens with one attached hydrogen (secondary N) is 2. The molecule has 136 valence electrons. The van der Waals surface area contributed by atoms with E-state index in [2.05, 4.69) is 14.7 Å². The minimum atomic E-state index is -0.162. The highest BCUT2D eigenvalue weighted by atomic mass is 35.5. The average Bonchev–Trinajstić information content (AvgIpc) is 3.04. The van der Waals surface area contributed by atoms with Gasteiger partial charge >= 0.3 is 0 Å². The molecule has 0 aliphatic heterocycles. The number of halogens is 1. The third-order valence-corrected chi connectivity index (χ3v) is 5.80. The van der Waals surface area contributed by atoms with Crippen LogP contribution < -0.4 is 10.1 Å². The summed E-state index contributed by atoms with van der Waals surface area (Å²) in [5.74, 6) is 0.740. The van der Waals surface area contributed by atoms with E-state index >= 15 is 0 Å². The maximum Gasteiger partial charge on any atom is 0.226 e. The number of hydrogen-bond acceptors (Lipinski definition) is 4. The normalized spacial score (nSPS) is 15.2. The first kappa shape index (κ1) is 17.4. The molecular weight excluding hydrogens is 370 g/mol. The first-order chi connectivity index (χ1) is 12.4. The van der Waals surface area contributed by atoms with Crippen LogP contribution in [0.1, 0.15) is 36.0 Å². The number of benzene rings is 1. The number of aryl methyl sites for hydroxylation is 1. The van der Waals surface area contributed by atoms with Crippen LogP contribution >= 0.6 is 23.1 Å². The summed E-state index contributed by atoms with van der Waals surface area (Å²) in [4.78, 5) is 16.6. The van der Waals surface area contributed by atoms with Gasteiger partial charge < -0.3 is 15.0 Å². The maximum atomic E-state index is 12.1. The minimum Gasteiger partial charge on any atom is -0.486 e. The second-order valence-electron chi connectivity index (χ2n) is 7.13. The van der Waals surface area contributed by atoms with Gasteiger partial charge in [0.25, 0.3) is 0 Å². The molecule has 26 heavy (non-hydrogen) atoms. The molecule has 0 spiro atoms. The van der Waals surface area contributed by atoms with E-state index in [1.165, 1.54) is 11.5 Å². The van der Waals surface area contributed by atoms with Crippen molar-refractivity contribution in [3.8, 4) is 5.75 Å². The van der Waals surface area contributed by atoms with Crippen molar-refractivity contribution in [1.29, 1.82) is 0 Å². The molecule has 3 aromatic rings. The molecule has 7 heteroatoms. The van der Waals surface area contributed by atoms with Crippen LogP contribution in [0.5, 0.6) is 5.75 Å². The van der Waals surface area contributed by atoms with E-state index in [-0.39, 0.29) is 11.3 Å². The molecule has 1 fully saturated rings. The molecule has 2 aromatic heterocycles. The van der Waals surface area contributed by atoms with Crippen LogP contribution in [0.4, 0.5) is 0 Å². The molecule has 1 saturated carbocycles. The Kier molecular flexibility index (Phi) is 4.40. The van der Waals surface area contributed by atoms with Gasteiger partial charge in [0.2, 0.25) is 5.91 Å². The smallest absolute Gasteiger partial charge is 0.226 e. The van der Waals surface area contributed by atoms with Crippen molar-refractivity contribution >= 4 is 39.9 Å². The van der Waals surface area contributed by atoms with Crippen molar-refractivity contribution in [2.24, 2.45) is 5.41 Å². The van der Waals surface area contributed by atoms with Crippen LogP contribution in [0.2, 0.25) is 5.02 Å². The van der Waals surface area contributed by atoms with E-state index in [4.69, 9.17) is 16.3 Å². The van der Waals surface area contributed by atoms with Crippen molar-refractivity contribution in [2.45, 2.75) is 39.8 Å². The Morgan fingerprint density at radius 2 is 2.19 bits per heavy atom. The lowest BCUT2D eigenvalue weighted by Gasteiger charge is -2.08. The van der Waals surface area contributed by atoms with E-state index in [0.29, 0.717) is 23.9 Å². The molecule has 1 aliphatic carbocycles. The summed E-state index contributed by atoms with van der Waals surface area (Å²) < 4.78 is 10.1. The van der Waals surface area contributed by atoms with Crippen molar-refractivity contribution in [2.75, 3.05) is 0 Å². The van der Waals surface area contributed by atoms with Crippen LogP contribution in [-0.2, 0) is 17.9 Å². The van der Waals surface area contributed by atoms with Crippen LogP contribution in [0, 0.1) is 12.3 Å².